The summed E-state index contributed by atoms with van der Waals surface area (Å²) >= 11 is 0. The molecule has 2 rings (SSSR count). The van der Waals surface area contributed by atoms with Crippen LogP contribution >= 0.6 is 0 Å². The fourth-order valence-corrected chi connectivity index (χ4v) is 1.55. The molecule has 19 heavy (non-hydrogen) atoms. The van der Waals surface area contributed by atoms with Crippen molar-refractivity contribution in [1.29, 1.82) is 5.26 Å². The van der Waals surface area contributed by atoms with Gasteiger partial charge < -0.3 is 15.2 Å². The lowest BCUT2D eigenvalue weighted by atomic mass is 10.2. The monoisotopic (exact) mass is 255 g/mol. The molecule has 0 amide bonds. The minimum Gasteiger partial charge on any atom is -0.497 e. The molecule has 0 fully saturated rings. The van der Waals surface area contributed by atoms with E-state index in [-0.39, 0.29) is 0 Å². The lowest BCUT2D eigenvalue weighted by Crippen LogP contribution is -1.97. The van der Waals surface area contributed by atoms with Gasteiger partial charge in [-0.15, -0.1) is 0 Å². The number of nitriles is 1. The van der Waals surface area contributed by atoms with Crippen molar-refractivity contribution < 1.29 is 9.47 Å². The van der Waals surface area contributed by atoms with Crippen LogP contribution < -0.4 is 15.2 Å². The van der Waals surface area contributed by atoms with Gasteiger partial charge in [0.15, 0.2) is 0 Å². The smallest absolute Gasteiger partial charge is 0.242 e. The number of nitrogens with zero attached hydrogens (tertiary/aromatic N) is 2. The molecule has 2 N–H and O–H groups in total. The highest BCUT2D eigenvalue weighted by Crippen LogP contribution is 2.29. The standard InChI is InChI=1S/C14H13N3O2/c1-9-3-4-13(16)14(17-9)19-12-6-10(8-15)5-11(7-12)18-2/h3-7H,16H2,1-2H3. The Morgan fingerprint density at radius 1 is 1.21 bits per heavy atom. The molecule has 5 heteroatoms. The summed E-state index contributed by atoms with van der Waals surface area (Å²) in [7, 11) is 1.53. The van der Waals surface area contributed by atoms with E-state index in [1.807, 2.05) is 13.0 Å². The number of hydrogen-bond acceptors (Lipinski definition) is 5. The van der Waals surface area contributed by atoms with Crippen molar-refractivity contribution in [3.8, 4) is 23.4 Å². The Labute approximate surface area is 111 Å². The second-order valence-electron chi connectivity index (χ2n) is 3.96. The van der Waals surface area contributed by atoms with Crippen LogP contribution in [0.2, 0.25) is 0 Å². The summed E-state index contributed by atoms with van der Waals surface area (Å²) in [5, 5.41) is 8.95. The summed E-state index contributed by atoms with van der Waals surface area (Å²) in [5.74, 6) is 1.32. The Bertz CT molecular complexity index is 648. The summed E-state index contributed by atoms with van der Waals surface area (Å²) < 4.78 is 10.7. The Hall–Kier alpha value is -2.74. The van der Waals surface area contributed by atoms with Gasteiger partial charge in [-0.1, -0.05) is 0 Å². The van der Waals surface area contributed by atoms with Crippen LogP contribution in [0.3, 0.4) is 0 Å². The molecule has 0 aliphatic rings. The number of benzene rings is 1. The SMILES string of the molecule is COc1cc(C#N)cc(Oc2nc(C)ccc2N)c1. The molecular weight excluding hydrogens is 242 g/mol. The topological polar surface area (TPSA) is 81.2 Å². The average Bonchev–Trinajstić information content (AvgIpc) is 2.42. The highest BCUT2D eigenvalue weighted by Gasteiger charge is 2.07. The van der Waals surface area contributed by atoms with Crippen molar-refractivity contribution in [3.05, 3.63) is 41.6 Å². The number of aryl methyl sites for hydroxylation is 1. The molecule has 0 atom stereocenters. The lowest BCUT2D eigenvalue weighted by Gasteiger charge is -2.09. The Balaban J connectivity index is 2.38. The van der Waals surface area contributed by atoms with E-state index in [9.17, 15) is 0 Å². The number of aromatic nitrogens is 1. The third-order valence-corrected chi connectivity index (χ3v) is 2.49. The summed E-state index contributed by atoms with van der Waals surface area (Å²) in [6, 6.07) is 10.5. The number of methoxy groups -OCH3 is 1. The third kappa shape index (κ3) is 2.93. The van der Waals surface area contributed by atoms with E-state index >= 15 is 0 Å². The van der Waals surface area contributed by atoms with Crippen LogP contribution in [0.15, 0.2) is 30.3 Å². The van der Waals surface area contributed by atoms with Crippen LogP contribution in [-0.4, -0.2) is 12.1 Å². The molecule has 2 aromatic rings. The number of pyridine rings is 1. The fraction of sp³-hybridized carbons (Fsp3) is 0.143. The van der Waals surface area contributed by atoms with Crippen molar-refractivity contribution >= 4 is 5.69 Å². The first-order valence-electron chi connectivity index (χ1n) is 5.62. The first-order chi connectivity index (χ1) is 9.12. The quantitative estimate of drug-likeness (QED) is 0.911. The first-order valence-corrected chi connectivity index (χ1v) is 5.62. The van der Waals surface area contributed by atoms with Crippen LogP contribution in [0.5, 0.6) is 17.4 Å². The number of nitrogen functional groups attached to an aromatic ring is 1. The number of hydrogen-bond donors (Lipinski definition) is 1. The summed E-state index contributed by atoms with van der Waals surface area (Å²) in [6.07, 6.45) is 0. The van der Waals surface area contributed by atoms with Gasteiger partial charge in [-0.05, 0) is 31.2 Å². The van der Waals surface area contributed by atoms with Crippen molar-refractivity contribution in [1.82, 2.24) is 4.98 Å². The summed E-state index contributed by atoms with van der Waals surface area (Å²) in [4.78, 5) is 4.21. The average molecular weight is 255 g/mol. The molecule has 0 radical (unpaired) electrons. The predicted octanol–water partition coefficient (Wildman–Crippen LogP) is 2.64. The maximum absolute atomic E-state index is 8.95. The van der Waals surface area contributed by atoms with Crippen molar-refractivity contribution in [2.24, 2.45) is 0 Å². The van der Waals surface area contributed by atoms with Crippen molar-refractivity contribution in [2.45, 2.75) is 6.92 Å². The van der Waals surface area contributed by atoms with Gasteiger partial charge in [0.2, 0.25) is 5.88 Å². The Morgan fingerprint density at radius 3 is 2.63 bits per heavy atom. The minimum atomic E-state index is 0.317. The van der Waals surface area contributed by atoms with Gasteiger partial charge in [0.1, 0.15) is 11.5 Å². The molecule has 1 heterocycles. The molecule has 1 aromatic heterocycles. The van der Waals surface area contributed by atoms with Crippen LogP contribution in [0, 0.1) is 18.3 Å². The normalized spacial score (nSPS) is 9.74. The summed E-state index contributed by atoms with van der Waals surface area (Å²) in [5.41, 5.74) is 7.48. The number of nitrogens with two attached hydrogens (primary N) is 1. The minimum absolute atomic E-state index is 0.317. The third-order valence-electron chi connectivity index (χ3n) is 2.49. The van der Waals surface area contributed by atoms with Gasteiger partial charge in [-0.2, -0.15) is 5.26 Å². The fourth-order valence-electron chi connectivity index (χ4n) is 1.55. The zero-order valence-corrected chi connectivity index (χ0v) is 10.7. The van der Waals surface area contributed by atoms with E-state index < -0.39 is 0 Å². The molecule has 0 unspecified atom stereocenters. The van der Waals surface area contributed by atoms with Gasteiger partial charge in [0, 0.05) is 11.8 Å². The second kappa shape index (κ2) is 5.27. The highest BCUT2D eigenvalue weighted by molar-refractivity contribution is 5.51. The number of ether oxygens (including phenoxy) is 2. The lowest BCUT2D eigenvalue weighted by molar-refractivity contribution is 0.407. The van der Waals surface area contributed by atoms with Gasteiger partial charge in [0.05, 0.1) is 24.4 Å². The molecular formula is C14H13N3O2. The Kier molecular flexibility index (Phi) is 3.53. The molecule has 0 aliphatic carbocycles. The molecule has 0 aliphatic heterocycles. The van der Waals surface area contributed by atoms with Crippen molar-refractivity contribution in [2.75, 3.05) is 12.8 Å². The largest absolute Gasteiger partial charge is 0.497 e. The zero-order chi connectivity index (χ0) is 13.8. The van der Waals surface area contributed by atoms with E-state index in [2.05, 4.69) is 4.98 Å². The summed E-state index contributed by atoms with van der Waals surface area (Å²) in [6.45, 7) is 1.85. The molecule has 0 bridgehead atoms. The molecule has 1 aromatic carbocycles. The number of anilines is 1. The van der Waals surface area contributed by atoms with E-state index in [0.29, 0.717) is 28.6 Å². The van der Waals surface area contributed by atoms with Gasteiger partial charge in [0.25, 0.3) is 0 Å². The van der Waals surface area contributed by atoms with Crippen molar-refractivity contribution in [3.63, 3.8) is 0 Å². The van der Waals surface area contributed by atoms with E-state index in [1.54, 1.807) is 30.3 Å². The van der Waals surface area contributed by atoms with Crippen LogP contribution in [0.25, 0.3) is 0 Å². The maximum Gasteiger partial charge on any atom is 0.242 e. The van der Waals surface area contributed by atoms with Crippen LogP contribution in [0.4, 0.5) is 5.69 Å². The van der Waals surface area contributed by atoms with E-state index in [1.165, 1.54) is 7.11 Å². The molecule has 0 spiro atoms. The van der Waals surface area contributed by atoms with Gasteiger partial charge in [-0.25, -0.2) is 4.98 Å². The maximum atomic E-state index is 8.95. The van der Waals surface area contributed by atoms with Crippen LogP contribution in [0.1, 0.15) is 11.3 Å². The predicted molar refractivity (Wildman–Crippen MR) is 71.2 cm³/mol. The molecule has 0 saturated heterocycles. The van der Waals surface area contributed by atoms with Gasteiger partial charge >= 0.3 is 0 Å². The molecule has 96 valence electrons. The van der Waals surface area contributed by atoms with Crippen LogP contribution in [-0.2, 0) is 0 Å². The number of rotatable bonds is 3. The highest BCUT2D eigenvalue weighted by atomic mass is 16.5. The van der Waals surface area contributed by atoms with Gasteiger partial charge in [-0.3, -0.25) is 0 Å². The second-order valence-corrected chi connectivity index (χ2v) is 3.96. The molecule has 0 saturated carbocycles. The first kappa shape index (κ1) is 12.7. The zero-order valence-electron chi connectivity index (χ0n) is 10.7. The van der Waals surface area contributed by atoms with E-state index in [4.69, 9.17) is 20.5 Å². The Morgan fingerprint density at radius 2 is 1.95 bits per heavy atom. The van der Waals surface area contributed by atoms with E-state index in [0.717, 1.165) is 5.69 Å². The molecule has 5 nitrogen and oxygen atoms in total.